The summed E-state index contributed by atoms with van der Waals surface area (Å²) >= 11 is 0. The molecule has 1 fully saturated rings. The molecule has 36 heavy (non-hydrogen) atoms. The fourth-order valence-electron chi connectivity index (χ4n) is 4.17. The average molecular weight is 508 g/mol. The fraction of sp³-hybridized carbons (Fsp3) is 0.333. The summed E-state index contributed by atoms with van der Waals surface area (Å²) in [6, 6.07) is 6.68. The third kappa shape index (κ3) is 5.05. The van der Waals surface area contributed by atoms with Gasteiger partial charge in [-0.05, 0) is 42.7 Å². The van der Waals surface area contributed by atoms with Gasteiger partial charge in [0.2, 0.25) is 5.89 Å². The first-order chi connectivity index (χ1) is 16.9. The molecular weight excluding hydrogens is 490 g/mol. The first kappa shape index (κ1) is 25.2. The predicted octanol–water partition coefficient (Wildman–Crippen LogP) is 5.97. The maximum atomic E-state index is 14.0. The first-order valence-corrected chi connectivity index (χ1v) is 10.8. The number of aryl methyl sites for hydroxylation is 1. The van der Waals surface area contributed by atoms with Gasteiger partial charge in [-0.3, -0.25) is 4.79 Å². The van der Waals surface area contributed by atoms with E-state index in [0.29, 0.717) is 30.6 Å². The number of hydrogen-bond donors (Lipinski definition) is 0. The summed E-state index contributed by atoms with van der Waals surface area (Å²) in [6.07, 6.45) is -8.73. The highest BCUT2D eigenvalue weighted by molar-refractivity contribution is 5.97. The molecule has 4 rings (SSSR count). The second kappa shape index (κ2) is 9.29. The molecule has 1 saturated heterocycles. The van der Waals surface area contributed by atoms with E-state index in [0.717, 1.165) is 30.3 Å². The van der Waals surface area contributed by atoms with Crippen molar-refractivity contribution in [2.24, 2.45) is 0 Å². The lowest BCUT2D eigenvalue weighted by Crippen LogP contribution is -2.39. The Balaban J connectivity index is 1.66. The highest BCUT2D eigenvalue weighted by Gasteiger charge is 2.38. The van der Waals surface area contributed by atoms with E-state index in [1.807, 2.05) is 0 Å². The van der Waals surface area contributed by atoms with Gasteiger partial charge in [0.25, 0.3) is 5.91 Å². The number of hydrogen-bond acceptors (Lipinski definition) is 5. The number of carbonyl (C=O) groups is 1. The maximum Gasteiger partial charge on any atom is 0.417 e. The summed E-state index contributed by atoms with van der Waals surface area (Å²) in [4.78, 5) is 18.6. The molecule has 0 N–H and O–H groups in total. The van der Waals surface area contributed by atoms with Gasteiger partial charge in [-0.1, -0.05) is 17.3 Å². The molecule has 2 aromatic carbocycles. The van der Waals surface area contributed by atoms with E-state index >= 15 is 0 Å². The second-order valence-corrected chi connectivity index (χ2v) is 8.37. The summed E-state index contributed by atoms with van der Waals surface area (Å²) in [5, 5.41) is 13.4. The van der Waals surface area contributed by atoms with Crippen molar-refractivity contribution in [2.75, 3.05) is 13.1 Å². The molecule has 6 nitrogen and oxygen atoms in total. The summed E-state index contributed by atoms with van der Waals surface area (Å²) in [5.74, 6) is -0.135. The summed E-state index contributed by atoms with van der Waals surface area (Å²) in [7, 11) is 0. The van der Waals surface area contributed by atoms with Crippen molar-refractivity contribution >= 4 is 5.91 Å². The Labute approximate surface area is 201 Å². The number of rotatable bonds is 3. The number of halogens is 6. The third-order valence-corrected chi connectivity index (χ3v) is 6.03. The maximum absolute atomic E-state index is 14.0. The minimum Gasteiger partial charge on any atom is -0.340 e. The molecule has 0 aliphatic carbocycles. The van der Waals surface area contributed by atoms with Crippen molar-refractivity contribution in [1.82, 2.24) is 15.0 Å². The van der Waals surface area contributed by atoms with Crippen LogP contribution < -0.4 is 0 Å². The standard InChI is InChI=1S/C24H18F6N4O2/c1-13-32-21(33-36-13)15-6-8-34(9-7-15)22(35)19-10-16(12-31)18(11-20(19)24(28,29)30)14-2-4-17(5-3-14)23(25,26)27/h2-5,10-11,15H,6-9H2,1H3. The van der Waals surface area contributed by atoms with Gasteiger partial charge in [0.05, 0.1) is 28.3 Å². The van der Waals surface area contributed by atoms with E-state index in [1.165, 1.54) is 4.90 Å². The average Bonchev–Trinajstić information content (AvgIpc) is 3.28. The molecule has 0 bridgehead atoms. The number of benzene rings is 2. The van der Waals surface area contributed by atoms with Crippen molar-refractivity contribution < 1.29 is 35.7 Å². The van der Waals surface area contributed by atoms with Gasteiger partial charge in [0, 0.05) is 31.5 Å². The molecule has 1 aromatic heterocycles. The lowest BCUT2D eigenvalue weighted by atomic mass is 9.91. The van der Waals surface area contributed by atoms with Crippen molar-refractivity contribution in [3.63, 3.8) is 0 Å². The Morgan fingerprint density at radius 1 is 1.06 bits per heavy atom. The van der Waals surface area contributed by atoms with E-state index in [9.17, 15) is 36.4 Å². The van der Waals surface area contributed by atoms with E-state index in [4.69, 9.17) is 4.52 Å². The van der Waals surface area contributed by atoms with Crippen LogP contribution in [0.4, 0.5) is 26.3 Å². The zero-order chi connectivity index (χ0) is 26.3. The van der Waals surface area contributed by atoms with Gasteiger partial charge < -0.3 is 9.42 Å². The lowest BCUT2D eigenvalue weighted by molar-refractivity contribution is -0.138. The normalized spacial score (nSPS) is 15.1. The second-order valence-electron chi connectivity index (χ2n) is 8.37. The molecule has 0 spiro atoms. The molecule has 2 heterocycles. The quantitative estimate of drug-likeness (QED) is 0.407. The number of likely N-dealkylation sites (tertiary alicyclic amines) is 1. The molecule has 188 valence electrons. The minimum atomic E-state index is -4.94. The predicted molar refractivity (Wildman–Crippen MR) is 114 cm³/mol. The molecule has 0 unspecified atom stereocenters. The molecule has 1 aliphatic heterocycles. The number of piperidine rings is 1. The van der Waals surface area contributed by atoms with Crippen LogP contribution in [0.3, 0.4) is 0 Å². The van der Waals surface area contributed by atoms with Crippen LogP contribution in [0.5, 0.6) is 0 Å². The number of amides is 1. The van der Waals surface area contributed by atoms with Gasteiger partial charge in [-0.25, -0.2) is 0 Å². The van der Waals surface area contributed by atoms with Crippen molar-refractivity contribution in [2.45, 2.75) is 38.0 Å². The van der Waals surface area contributed by atoms with Crippen LogP contribution in [-0.4, -0.2) is 34.0 Å². The van der Waals surface area contributed by atoms with Crippen LogP contribution in [0.15, 0.2) is 40.9 Å². The third-order valence-electron chi connectivity index (χ3n) is 6.03. The zero-order valence-corrected chi connectivity index (χ0v) is 18.7. The Bertz CT molecular complexity index is 1310. The highest BCUT2D eigenvalue weighted by Crippen LogP contribution is 2.39. The SMILES string of the molecule is Cc1nc(C2CCN(C(=O)c3cc(C#N)c(-c4ccc(C(F)(F)F)cc4)cc3C(F)(F)F)CC2)no1. The number of nitrogens with zero attached hydrogens (tertiary/aromatic N) is 4. The van der Waals surface area contributed by atoms with Crippen molar-refractivity contribution in [3.05, 3.63) is 70.4 Å². The highest BCUT2D eigenvalue weighted by atomic mass is 19.4. The first-order valence-electron chi connectivity index (χ1n) is 10.8. The Hall–Kier alpha value is -3.88. The molecule has 1 aliphatic rings. The molecule has 0 saturated carbocycles. The monoisotopic (exact) mass is 508 g/mol. The van der Waals surface area contributed by atoms with E-state index in [2.05, 4.69) is 10.1 Å². The van der Waals surface area contributed by atoms with E-state index in [1.54, 1.807) is 13.0 Å². The molecular formula is C24H18F6N4O2. The number of aromatic nitrogens is 2. The van der Waals surface area contributed by atoms with Crippen LogP contribution in [0.1, 0.15) is 57.5 Å². The number of carbonyl (C=O) groups excluding carboxylic acids is 1. The smallest absolute Gasteiger partial charge is 0.340 e. The summed E-state index contributed by atoms with van der Waals surface area (Å²) < 4.78 is 85.5. The Morgan fingerprint density at radius 2 is 1.69 bits per heavy atom. The zero-order valence-electron chi connectivity index (χ0n) is 18.7. The largest absolute Gasteiger partial charge is 0.417 e. The molecule has 3 aromatic rings. The van der Waals surface area contributed by atoms with Gasteiger partial charge in [-0.15, -0.1) is 0 Å². The van der Waals surface area contributed by atoms with Crippen LogP contribution in [-0.2, 0) is 12.4 Å². The lowest BCUT2D eigenvalue weighted by Gasteiger charge is -2.31. The summed E-state index contributed by atoms with van der Waals surface area (Å²) in [6.45, 7) is 1.93. The molecule has 0 atom stereocenters. The molecule has 0 radical (unpaired) electrons. The molecule has 1 amide bonds. The van der Waals surface area contributed by atoms with Crippen LogP contribution >= 0.6 is 0 Å². The minimum absolute atomic E-state index is 0.0136. The van der Waals surface area contributed by atoms with E-state index in [-0.39, 0.29) is 35.7 Å². The van der Waals surface area contributed by atoms with Gasteiger partial charge >= 0.3 is 12.4 Å². The van der Waals surface area contributed by atoms with Gasteiger partial charge in [0.15, 0.2) is 5.82 Å². The van der Waals surface area contributed by atoms with Crippen molar-refractivity contribution in [1.29, 1.82) is 5.26 Å². The van der Waals surface area contributed by atoms with E-state index < -0.39 is 35.0 Å². The van der Waals surface area contributed by atoms with Crippen LogP contribution in [0.2, 0.25) is 0 Å². The van der Waals surface area contributed by atoms with Gasteiger partial charge in [0.1, 0.15) is 0 Å². The Morgan fingerprint density at radius 3 is 2.19 bits per heavy atom. The summed E-state index contributed by atoms with van der Waals surface area (Å²) in [5.41, 5.74) is -3.43. The molecule has 12 heteroatoms. The van der Waals surface area contributed by atoms with Crippen molar-refractivity contribution in [3.8, 4) is 17.2 Å². The fourth-order valence-corrected chi connectivity index (χ4v) is 4.17. The number of nitriles is 1. The Kier molecular flexibility index (Phi) is 6.51. The van der Waals surface area contributed by atoms with Gasteiger partial charge in [-0.2, -0.15) is 36.6 Å². The topological polar surface area (TPSA) is 83.0 Å². The van der Waals surface area contributed by atoms with Crippen LogP contribution in [0.25, 0.3) is 11.1 Å². The van der Waals surface area contributed by atoms with Crippen LogP contribution in [0, 0.1) is 18.3 Å². The number of alkyl halides is 6.